The fourth-order valence-electron chi connectivity index (χ4n) is 1.19. The second kappa shape index (κ2) is 4.30. The highest BCUT2D eigenvalue weighted by Crippen LogP contribution is 2.27. The zero-order chi connectivity index (χ0) is 11.6. The van der Waals surface area contributed by atoms with Crippen LogP contribution in [0.4, 0.5) is 0 Å². The van der Waals surface area contributed by atoms with E-state index in [1.165, 1.54) is 6.33 Å². The standard InChI is InChI=1S/C9H11IN2O3/c1-3-9(2,8(14)15)6-5(10)7(13)12-4-11-6/h4H,3H2,1-2H3,(H,14,15)(H,11,12,13). The van der Waals surface area contributed by atoms with Gasteiger partial charge >= 0.3 is 5.97 Å². The van der Waals surface area contributed by atoms with Crippen LogP contribution in [0, 0.1) is 3.57 Å². The van der Waals surface area contributed by atoms with Crippen molar-refractivity contribution in [2.24, 2.45) is 0 Å². The van der Waals surface area contributed by atoms with E-state index in [4.69, 9.17) is 5.11 Å². The Morgan fingerprint density at radius 3 is 2.80 bits per heavy atom. The molecule has 0 radical (unpaired) electrons. The predicted octanol–water partition coefficient (Wildman–Crippen LogP) is 1.13. The van der Waals surface area contributed by atoms with Gasteiger partial charge in [0.05, 0.1) is 12.0 Å². The van der Waals surface area contributed by atoms with Gasteiger partial charge in [-0.3, -0.25) is 9.59 Å². The molecule has 0 saturated heterocycles. The predicted molar refractivity (Wildman–Crippen MR) is 62.9 cm³/mol. The summed E-state index contributed by atoms with van der Waals surface area (Å²) >= 11 is 1.82. The van der Waals surface area contributed by atoms with Gasteiger partial charge in [-0.1, -0.05) is 6.92 Å². The summed E-state index contributed by atoms with van der Waals surface area (Å²) < 4.78 is 0.335. The number of nitrogens with zero attached hydrogens (tertiary/aromatic N) is 1. The van der Waals surface area contributed by atoms with E-state index in [-0.39, 0.29) is 5.56 Å². The van der Waals surface area contributed by atoms with E-state index in [0.717, 1.165) is 0 Å². The minimum atomic E-state index is -1.11. The summed E-state index contributed by atoms with van der Waals surface area (Å²) in [7, 11) is 0. The third-order valence-corrected chi connectivity index (χ3v) is 3.50. The van der Waals surface area contributed by atoms with Crippen molar-refractivity contribution in [3.8, 4) is 0 Å². The van der Waals surface area contributed by atoms with Gasteiger partial charge in [-0.25, -0.2) is 4.98 Å². The first-order valence-corrected chi connectivity index (χ1v) is 5.48. The molecule has 2 N–H and O–H groups in total. The van der Waals surface area contributed by atoms with Gasteiger partial charge in [-0.15, -0.1) is 0 Å². The maximum Gasteiger partial charge on any atom is 0.315 e. The number of aromatic nitrogens is 2. The molecule has 0 aliphatic rings. The molecule has 0 fully saturated rings. The molecular weight excluding hydrogens is 311 g/mol. The van der Waals surface area contributed by atoms with Crippen molar-refractivity contribution < 1.29 is 9.90 Å². The van der Waals surface area contributed by atoms with Gasteiger partial charge in [0.25, 0.3) is 5.56 Å². The lowest BCUT2D eigenvalue weighted by Crippen LogP contribution is -2.35. The number of nitrogens with one attached hydrogen (secondary N) is 1. The highest BCUT2D eigenvalue weighted by molar-refractivity contribution is 14.1. The number of rotatable bonds is 3. The Kier molecular flexibility index (Phi) is 3.48. The summed E-state index contributed by atoms with van der Waals surface area (Å²) in [6.07, 6.45) is 1.62. The topological polar surface area (TPSA) is 83.0 Å². The average molecular weight is 322 g/mol. The third-order valence-electron chi connectivity index (χ3n) is 2.50. The Morgan fingerprint density at radius 1 is 1.73 bits per heavy atom. The first-order valence-electron chi connectivity index (χ1n) is 4.40. The highest BCUT2D eigenvalue weighted by atomic mass is 127. The maximum absolute atomic E-state index is 11.3. The molecule has 6 heteroatoms. The Balaban J connectivity index is 3.43. The fraction of sp³-hybridized carbons (Fsp3) is 0.444. The third kappa shape index (κ3) is 2.04. The molecule has 0 aliphatic heterocycles. The number of carboxylic acid groups (broad SMARTS) is 1. The second-order valence-electron chi connectivity index (χ2n) is 3.39. The summed E-state index contributed by atoms with van der Waals surface area (Å²) in [6, 6.07) is 0. The lowest BCUT2D eigenvalue weighted by molar-refractivity contribution is -0.143. The van der Waals surface area contributed by atoms with Gasteiger partial charge in [0.1, 0.15) is 8.99 Å². The molecule has 0 saturated carbocycles. The molecule has 1 unspecified atom stereocenters. The van der Waals surface area contributed by atoms with Crippen LogP contribution in [0.5, 0.6) is 0 Å². The van der Waals surface area contributed by atoms with Crippen molar-refractivity contribution in [3.63, 3.8) is 0 Å². The Hall–Kier alpha value is -0.920. The van der Waals surface area contributed by atoms with E-state index in [9.17, 15) is 9.59 Å². The zero-order valence-corrected chi connectivity index (χ0v) is 10.5. The number of hydrogen-bond acceptors (Lipinski definition) is 3. The van der Waals surface area contributed by atoms with Crippen molar-refractivity contribution in [1.82, 2.24) is 9.97 Å². The number of H-pyrrole nitrogens is 1. The fourth-order valence-corrected chi connectivity index (χ4v) is 2.08. The Labute approximate surface area is 100 Å². The minimum Gasteiger partial charge on any atom is -0.481 e. The van der Waals surface area contributed by atoms with Crippen LogP contribution in [-0.4, -0.2) is 21.0 Å². The van der Waals surface area contributed by atoms with Crippen molar-refractivity contribution >= 4 is 28.6 Å². The van der Waals surface area contributed by atoms with E-state index in [0.29, 0.717) is 15.7 Å². The van der Waals surface area contributed by atoms with Gasteiger partial charge in [0, 0.05) is 0 Å². The normalized spacial score (nSPS) is 14.6. The summed E-state index contributed by atoms with van der Waals surface area (Å²) in [5, 5.41) is 9.15. The lowest BCUT2D eigenvalue weighted by Gasteiger charge is -2.22. The molecule has 0 aliphatic carbocycles. The van der Waals surface area contributed by atoms with Crippen molar-refractivity contribution in [2.45, 2.75) is 25.7 Å². The molecule has 0 bridgehead atoms. The maximum atomic E-state index is 11.3. The van der Waals surface area contributed by atoms with Crippen molar-refractivity contribution in [3.05, 3.63) is 25.9 Å². The summed E-state index contributed by atoms with van der Waals surface area (Å²) in [6.45, 7) is 3.33. The molecule has 1 atom stereocenters. The van der Waals surface area contributed by atoms with Gasteiger partial charge in [-0.05, 0) is 35.9 Å². The minimum absolute atomic E-state index is 0.304. The van der Waals surface area contributed by atoms with Crippen LogP contribution in [0.25, 0.3) is 0 Å². The molecule has 1 aromatic rings. The van der Waals surface area contributed by atoms with Crippen LogP contribution in [0.15, 0.2) is 11.1 Å². The van der Waals surface area contributed by atoms with Gasteiger partial charge < -0.3 is 10.1 Å². The second-order valence-corrected chi connectivity index (χ2v) is 4.46. The van der Waals surface area contributed by atoms with E-state index in [1.54, 1.807) is 13.8 Å². The molecule has 1 rings (SSSR count). The largest absolute Gasteiger partial charge is 0.481 e. The van der Waals surface area contributed by atoms with Crippen LogP contribution < -0.4 is 5.56 Å². The SMILES string of the molecule is CCC(C)(C(=O)O)c1nc[nH]c(=O)c1I. The quantitative estimate of drug-likeness (QED) is 0.817. The number of aliphatic carboxylic acids is 1. The van der Waals surface area contributed by atoms with Gasteiger partial charge in [-0.2, -0.15) is 0 Å². The first-order chi connectivity index (χ1) is 6.93. The Morgan fingerprint density at radius 2 is 2.33 bits per heavy atom. The van der Waals surface area contributed by atoms with E-state index in [2.05, 4.69) is 9.97 Å². The number of hydrogen-bond donors (Lipinski definition) is 2. The van der Waals surface area contributed by atoms with Gasteiger partial charge in [0.2, 0.25) is 0 Å². The molecule has 82 valence electrons. The first kappa shape index (κ1) is 12.2. The zero-order valence-electron chi connectivity index (χ0n) is 8.37. The Bertz CT molecular complexity index is 443. The number of carboxylic acids is 1. The highest BCUT2D eigenvalue weighted by Gasteiger charge is 2.37. The average Bonchev–Trinajstić information content (AvgIpc) is 2.20. The molecule has 1 heterocycles. The van der Waals surface area contributed by atoms with Gasteiger partial charge in [0.15, 0.2) is 0 Å². The van der Waals surface area contributed by atoms with Crippen molar-refractivity contribution in [1.29, 1.82) is 0 Å². The summed E-state index contributed by atoms with van der Waals surface area (Å²) in [5.41, 5.74) is -1.09. The molecule has 15 heavy (non-hydrogen) atoms. The van der Waals surface area contributed by atoms with Crippen LogP contribution in [-0.2, 0) is 10.2 Å². The van der Waals surface area contributed by atoms with E-state index >= 15 is 0 Å². The van der Waals surface area contributed by atoms with E-state index < -0.39 is 11.4 Å². The molecule has 5 nitrogen and oxygen atoms in total. The number of carbonyl (C=O) groups is 1. The monoisotopic (exact) mass is 322 g/mol. The van der Waals surface area contributed by atoms with Crippen LogP contribution in [0.1, 0.15) is 26.0 Å². The summed E-state index contributed by atoms with van der Waals surface area (Å²) in [5.74, 6) is -0.971. The van der Waals surface area contributed by atoms with Crippen LogP contribution in [0.2, 0.25) is 0 Å². The van der Waals surface area contributed by atoms with Crippen molar-refractivity contribution in [2.75, 3.05) is 0 Å². The number of halogens is 1. The van der Waals surface area contributed by atoms with Crippen LogP contribution >= 0.6 is 22.6 Å². The smallest absolute Gasteiger partial charge is 0.315 e. The summed E-state index contributed by atoms with van der Waals surface area (Å²) in [4.78, 5) is 28.9. The molecule has 0 spiro atoms. The molecule has 0 aromatic carbocycles. The lowest BCUT2D eigenvalue weighted by atomic mass is 9.84. The number of aromatic amines is 1. The molecule has 0 amide bonds. The van der Waals surface area contributed by atoms with Crippen LogP contribution in [0.3, 0.4) is 0 Å². The molecular formula is C9H11IN2O3. The molecule has 1 aromatic heterocycles. The van der Waals surface area contributed by atoms with E-state index in [1.807, 2.05) is 22.6 Å².